The summed E-state index contributed by atoms with van der Waals surface area (Å²) in [5.74, 6) is -0.297. The molecule has 3 aliphatic rings. The molecular formula is C20H20N4O4. The summed E-state index contributed by atoms with van der Waals surface area (Å²) in [6, 6.07) is 5.06. The van der Waals surface area contributed by atoms with Crippen LogP contribution in [0.3, 0.4) is 0 Å². The highest BCUT2D eigenvalue weighted by atomic mass is 16.5. The zero-order valence-electron chi connectivity index (χ0n) is 15.5. The number of carbonyl (C=O) groups is 3. The monoisotopic (exact) mass is 380 g/mol. The van der Waals surface area contributed by atoms with Crippen molar-refractivity contribution in [3.8, 4) is 11.4 Å². The third kappa shape index (κ3) is 2.51. The Morgan fingerprint density at radius 3 is 2.82 bits per heavy atom. The van der Waals surface area contributed by atoms with Gasteiger partial charge in [0.15, 0.2) is 5.69 Å². The molecule has 2 aliphatic heterocycles. The lowest BCUT2D eigenvalue weighted by Crippen LogP contribution is -2.34. The number of hydrogen-bond donors (Lipinski definition) is 1. The first-order valence-electron chi connectivity index (χ1n) is 9.50. The highest BCUT2D eigenvalue weighted by molar-refractivity contribution is 6.06. The number of amides is 3. The number of hydrogen-bond acceptors (Lipinski definition) is 5. The zero-order valence-corrected chi connectivity index (χ0v) is 15.5. The van der Waals surface area contributed by atoms with Gasteiger partial charge in [-0.25, -0.2) is 4.98 Å². The predicted octanol–water partition coefficient (Wildman–Crippen LogP) is 1.84. The van der Waals surface area contributed by atoms with E-state index in [2.05, 4.69) is 10.3 Å². The Bertz CT molecular complexity index is 1010. The van der Waals surface area contributed by atoms with Crippen molar-refractivity contribution in [1.29, 1.82) is 0 Å². The number of benzene rings is 1. The van der Waals surface area contributed by atoms with Gasteiger partial charge in [0.25, 0.3) is 11.8 Å². The fourth-order valence-corrected chi connectivity index (χ4v) is 4.13. The summed E-state index contributed by atoms with van der Waals surface area (Å²) in [6.45, 7) is 0.618. The SMILES string of the molecule is COc1ccc2c(c1)C(=O)N1CCC[C@H]1c1c(C(=O)NC(=O)C3CC3)ncn1-2. The molecule has 0 bridgehead atoms. The topological polar surface area (TPSA) is 93.5 Å². The highest BCUT2D eigenvalue weighted by Crippen LogP contribution is 2.40. The number of rotatable bonds is 3. The smallest absolute Gasteiger partial charge is 0.278 e. The summed E-state index contributed by atoms with van der Waals surface area (Å²) < 4.78 is 7.09. The number of carbonyl (C=O) groups excluding carboxylic acids is 3. The number of nitrogens with one attached hydrogen (secondary N) is 1. The number of imide groups is 1. The van der Waals surface area contributed by atoms with Crippen LogP contribution in [0.2, 0.25) is 0 Å². The molecule has 1 saturated carbocycles. The maximum Gasteiger partial charge on any atom is 0.278 e. The van der Waals surface area contributed by atoms with Crippen LogP contribution in [0.25, 0.3) is 5.69 Å². The van der Waals surface area contributed by atoms with E-state index in [1.165, 1.54) is 0 Å². The lowest BCUT2D eigenvalue weighted by molar-refractivity contribution is -0.121. The van der Waals surface area contributed by atoms with Crippen molar-refractivity contribution < 1.29 is 19.1 Å². The largest absolute Gasteiger partial charge is 0.497 e. The van der Waals surface area contributed by atoms with E-state index in [1.54, 1.807) is 41.1 Å². The molecule has 8 nitrogen and oxygen atoms in total. The van der Waals surface area contributed by atoms with Gasteiger partial charge in [-0.1, -0.05) is 0 Å². The molecule has 0 unspecified atom stereocenters. The molecule has 2 aromatic rings. The van der Waals surface area contributed by atoms with Gasteiger partial charge in [0.2, 0.25) is 5.91 Å². The molecule has 2 fully saturated rings. The van der Waals surface area contributed by atoms with Gasteiger partial charge in [0.05, 0.1) is 30.1 Å². The highest BCUT2D eigenvalue weighted by Gasteiger charge is 2.41. The molecule has 1 saturated heterocycles. The Morgan fingerprint density at radius 1 is 1.25 bits per heavy atom. The zero-order chi connectivity index (χ0) is 19.4. The Kier molecular flexibility index (Phi) is 3.75. The van der Waals surface area contributed by atoms with Crippen molar-refractivity contribution in [3.05, 3.63) is 41.5 Å². The molecule has 1 atom stereocenters. The van der Waals surface area contributed by atoms with Crippen molar-refractivity contribution in [2.24, 2.45) is 5.92 Å². The van der Waals surface area contributed by atoms with Crippen molar-refractivity contribution in [1.82, 2.24) is 19.8 Å². The van der Waals surface area contributed by atoms with E-state index in [0.29, 0.717) is 29.2 Å². The van der Waals surface area contributed by atoms with Gasteiger partial charge in [-0.2, -0.15) is 0 Å². The molecule has 3 heterocycles. The quantitative estimate of drug-likeness (QED) is 0.820. The van der Waals surface area contributed by atoms with Crippen molar-refractivity contribution in [2.45, 2.75) is 31.7 Å². The lowest BCUT2D eigenvalue weighted by atomic mass is 10.1. The molecule has 8 heteroatoms. The molecule has 28 heavy (non-hydrogen) atoms. The first-order chi connectivity index (χ1) is 13.6. The number of methoxy groups -OCH3 is 1. The van der Waals surface area contributed by atoms with Gasteiger partial charge in [0.1, 0.15) is 12.1 Å². The summed E-state index contributed by atoms with van der Waals surface area (Å²) in [4.78, 5) is 44.1. The Hall–Kier alpha value is -3.16. The molecule has 1 aromatic carbocycles. The van der Waals surface area contributed by atoms with E-state index in [0.717, 1.165) is 25.7 Å². The van der Waals surface area contributed by atoms with Crippen LogP contribution in [-0.2, 0) is 4.79 Å². The minimum Gasteiger partial charge on any atom is -0.497 e. The fraction of sp³-hybridized carbons (Fsp3) is 0.400. The Morgan fingerprint density at radius 2 is 2.07 bits per heavy atom. The summed E-state index contributed by atoms with van der Waals surface area (Å²) in [6.07, 6.45) is 4.80. The van der Waals surface area contributed by atoms with Crippen LogP contribution in [-0.4, -0.2) is 45.8 Å². The van der Waals surface area contributed by atoms with Gasteiger partial charge >= 0.3 is 0 Å². The van der Waals surface area contributed by atoms with E-state index in [4.69, 9.17) is 4.74 Å². The number of fused-ring (bicyclic) bond motifs is 5. The summed E-state index contributed by atoms with van der Waals surface area (Å²) in [7, 11) is 1.56. The standard InChI is InChI=1S/C20H20N4O4/c1-28-12-6-7-14-13(9-12)20(27)23-8-2-3-15(23)17-16(21-10-24(14)17)19(26)22-18(25)11-4-5-11/h6-7,9-11,15H,2-5,8H2,1H3,(H,22,25,26)/t15-/m0/s1. The minimum absolute atomic E-state index is 0.0667. The minimum atomic E-state index is -0.498. The van der Waals surface area contributed by atoms with Crippen LogP contribution in [0.4, 0.5) is 0 Å². The molecule has 1 aliphatic carbocycles. The van der Waals surface area contributed by atoms with Crippen LogP contribution in [0.1, 0.15) is 58.3 Å². The summed E-state index contributed by atoms with van der Waals surface area (Å²) in [5, 5.41) is 2.47. The van der Waals surface area contributed by atoms with Crippen molar-refractivity contribution in [3.63, 3.8) is 0 Å². The molecule has 1 N–H and O–H groups in total. The van der Waals surface area contributed by atoms with Gasteiger partial charge in [0, 0.05) is 12.5 Å². The fourth-order valence-electron chi connectivity index (χ4n) is 4.13. The van der Waals surface area contributed by atoms with E-state index in [-0.39, 0.29) is 29.5 Å². The van der Waals surface area contributed by atoms with Crippen molar-refractivity contribution in [2.75, 3.05) is 13.7 Å². The normalized spacial score (nSPS) is 20.1. The predicted molar refractivity (Wildman–Crippen MR) is 98.3 cm³/mol. The average Bonchev–Trinajstić information content (AvgIpc) is 3.31. The Labute approximate surface area is 161 Å². The average molecular weight is 380 g/mol. The second-order valence-electron chi connectivity index (χ2n) is 7.48. The second-order valence-corrected chi connectivity index (χ2v) is 7.48. The van der Waals surface area contributed by atoms with Crippen LogP contribution < -0.4 is 10.1 Å². The van der Waals surface area contributed by atoms with E-state index in [1.807, 2.05) is 0 Å². The maximum atomic E-state index is 13.2. The maximum absolute atomic E-state index is 13.2. The molecular weight excluding hydrogens is 360 g/mol. The first-order valence-corrected chi connectivity index (χ1v) is 9.50. The number of ether oxygens (including phenoxy) is 1. The van der Waals surface area contributed by atoms with Gasteiger partial charge in [-0.05, 0) is 43.9 Å². The van der Waals surface area contributed by atoms with Gasteiger partial charge in [-0.3, -0.25) is 24.3 Å². The molecule has 5 rings (SSSR count). The number of aromatic nitrogens is 2. The third-order valence-corrected chi connectivity index (χ3v) is 5.73. The van der Waals surface area contributed by atoms with Gasteiger partial charge < -0.3 is 9.64 Å². The third-order valence-electron chi connectivity index (χ3n) is 5.73. The molecule has 0 spiro atoms. The molecule has 1 aromatic heterocycles. The molecule has 144 valence electrons. The summed E-state index contributed by atoms with van der Waals surface area (Å²) >= 11 is 0. The van der Waals surface area contributed by atoms with Crippen molar-refractivity contribution >= 4 is 17.7 Å². The first kappa shape index (κ1) is 17.0. The Balaban J connectivity index is 1.63. The summed E-state index contributed by atoms with van der Waals surface area (Å²) in [5.41, 5.74) is 2.05. The van der Waals surface area contributed by atoms with Gasteiger partial charge in [-0.15, -0.1) is 0 Å². The van der Waals surface area contributed by atoms with Crippen LogP contribution in [0, 0.1) is 5.92 Å². The second kappa shape index (κ2) is 6.19. The molecule has 0 radical (unpaired) electrons. The number of nitrogens with zero attached hydrogens (tertiary/aromatic N) is 3. The van der Waals surface area contributed by atoms with E-state index < -0.39 is 5.91 Å². The number of imidazole rings is 1. The van der Waals surface area contributed by atoms with Crippen LogP contribution >= 0.6 is 0 Å². The van der Waals surface area contributed by atoms with Crippen LogP contribution in [0.5, 0.6) is 5.75 Å². The molecule has 3 amide bonds. The van der Waals surface area contributed by atoms with E-state index in [9.17, 15) is 14.4 Å². The lowest BCUT2D eigenvalue weighted by Gasteiger charge is -2.23. The van der Waals surface area contributed by atoms with Crippen LogP contribution in [0.15, 0.2) is 24.5 Å². The van der Waals surface area contributed by atoms with E-state index >= 15 is 0 Å².